The van der Waals surface area contributed by atoms with E-state index in [1.165, 1.54) is 12.1 Å². The van der Waals surface area contributed by atoms with Gasteiger partial charge in [0, 0.05) is 12.3 Å². The quantitative estimate of drug-likeness (QED) is 0.708. The van der Waals surface area contributed by atoms with E-state index in [2.05, 4.69) is 18.7 Å². The Labute approximate surface area is 147 Å². The van der Waals surface area contributed by atoms with E-state index in [4.69, 9.17) is 0 Å². The van der Waals surface area contributed by atoms with Crippen molar-refractivity contribution in [1.29, 1.82) is 10.5 Å². The zero-order valence-electron chi connectivity index (χ0n) is 13.7. The van der Waals surface area contributed by atoms with Gasteiger partial charge in [-0.3, -0.25) is 0 Å². The van der Waals surface area contributed by atoms with Crippen LogP contribution in [0.15, 0.2) is 72.8 Å². The predicted molar refractivity (Wildman–Crippen MR) is 95.6 cm³/mol. The molecule has 1 aliphatic rings. The van der Waals surface area contributed by atoms with Crippen LogP contribution in [-0.2, 0) is 0 Å². The van der Waals surface area contributed by atoms with Gasteiger partial charge in [-0.2, -0.15) is 10.5 Å². The second kappa shape index (κ2) is 6.75. The minimum atomic E-state index is -1.16. The molecule has 0 saturated carbocycles. The van der Waals surface area contributed by atoms with Crippen LogP contribution in [0.25, 0.3) is 5.57 Å². The molecule has 0 fully saturated rings. The fourth-order valence-corrected chi connectivity index (χ4v) is 3.67. The number of halogens is 1. The maximum Gasteiger partial charge on any atom is 0.158 e. The lowest BCUT2D eigenvalue weighted by Crippen LogP contribution is -2.22. The van der Waals surface area contributed by atoms with Crippen LogP contribution in [0.4, 0.5) is 4.39 Å². The number of nitriles is 2. The first-order valence-electron chi connectivity index (χ1n) is 8.11. The zero-order valence-corrected chi connectivity index (χ0v) is 13.7. The van der Waals surface area contributed by atoms with E-state index in [-0.39, 0.29) is 11.7 Å². The molecule has 3 rings (SSSR count). The van der Waals surface area contributed by atoms with Crippen molar-refractivity contribution in [1.82, 2.24) is 0 Å². The van der Waals surface area contributed by atoms with E-state index < -0.39 is 5.41 Å². The van der Waals surface area contributed by atoms with Crippen LogP contribution in [0.3, 0.4) is 0 Å². The lowest BCUT2D eigenvalue weighted by Gasteiger charge is -2.25. The lowest BCUT2D eigenvalue weighted by atomic mass is 9.72. The van der Waals surface area contributed by atoms with Crippen molar-refractivity contribution < 1.29 is 4.39 Å². The van der Waals surface area contributed by atoms with Crippen molar-refractivity contribution in [3.05, 3.63) is 89.8 Å². The van der Waals surface area contributed by atoms with Crippen LogP contribution < -0.4 is 0 Å². The molecule has 0 radical (unpaired) electrons. The zero-order chi connectivity index (χ0) is 17.9. The molecule has 0 heterocycles. The average Bonchev–Trinajstić information content (AvgIpc) is 2.98. The van der Waals surface area contributed by atoms with Crippen molar-refractivity contribution in [2.24, 2.45) is 5.41 Å². The maximum atomic E-state index is 13.4. The van der Waals surface area contributed by atoms with Crippen molar-refractivity contribution >= 4 is 5.57 Å². The van der Waals surface area contributed by atoms with Gasteiger partial charge in [-0.15, -0.1) is 6.58 Å². The minimum Gasteiger partial charge on any atom is -0.207 e. The molecular weight excluding hydrogens is 311 g/mol. The standard InChI is InChI=1S/C22H17FN2/c1-2-6-18-13-22(14-24,15-25)21(17-7-4-3-5-8-17)20(18)16-9-11-19(23)12-10-16/h2-5,7-12,21H,1,6,13H2. The summed E-state index contributed by atoms with van der Waals surface area (Å²) in [7, 11) is 0. The highest BCUT2D eigenvalue weighted by Crippen LogP contribution is 2.56. The summed E-state index contributed by atoms with van der Waals surface area (Å²) >= 11 is 0. The van der Waals surface area contributed by atoms with E-state index in [0.29, 0.717) is 12.8 Å². The molecule has 1 atom stereocenters. The number of benzene rings is 2. The maximum absolute atomic E-state index is 13.4. The highest BCUT2D eigenvalue weighted by Gasteiger charge is 2.49. The number of hydrogen-bond donors (Lipinski definition) is 0. The molecule has 0 N–H and O–H groups in total. The largest absolute Gasteiger partial charge is 0.207 e. The molecule has 0 spiro atoms. The van der Waals surface area contributed by atoms with E-state index in [9.17, 15) is 14.9 Å². The second-order valence-electron chi connectivity index (χ2n) is 6.23. The summed E-state index contributed by atoms with van der Waals surface area (Å²) in [5.41, 5.74) is 2.56. The number of hydrogen-bond acceptors (Lipinski definition) is 2. The van der Waals surface area contributed by atoms with Gasteiger partial charge in [-0.05, 0) is 35.3 Å². The third-order valence-corrected chi connectivity index (χ3v) is 4.73. The van der Waals surface area contributed by atoms with Crippen LogP contribution in [0, 0.1) is 33.9 Å². The first-order chi connectivity index (χ1) is 12.1. The first kappa shape index (κ1) is 16.7. The fourth-order valence-electron chi connectivity index (χ4n) is 3.67. The molecule has 2 aromatic carbocycles. The van der Waals surface area contributed by atoms with Crippen molar-refractivity contribution in [2.45, 2.75) is 18.8 Å². The summed E-state index contributed by atoms with van der Waals surface area (Å²) in [6, 6.07) is 20.4. The molecule has 1 aliphatic carbocycles. The molecule has 122 valence electrons. The molecule has 0 aliphatic heterocycles. The van der Waals surface area contributed by atoms with E-state index in [1.807, 2.05) is 30.3 Å². The van der Waals surface area contributed by atoms with Crippen molar-refractivity contribution in [3.63, 3.8) is 0 Å². The molecule has 3 heteroatoms. The molecule has 0 aromatic heterocycles. The highest BCUT2D eigenvalue weighted by molar-refractivity contribution is 5.80. The van der Waals surface area contributed by atoms with Crippen LogP contribution in [-0.4, -0.2) is 0 Å². The van der Waals surface area contributed by atoms with Crippen LogP contribution >= 0.6 is 0 Å². The van der Waals surface area contributed by atoms with Gasteiger partial charge < -0.3 is 0 Å². The average molecular weight is 328 g/mol. The Morgan fingerprint density at radius 2 is 1.72 bits per heavy atom. The third-order valence-electron chi connectivity index (χ3n) is 4.73. The van der Waals surface area contributed by atoms with Crippen molar-refractivity contribution in [2.75, 3.05) is 0 Å². The third kappa shape index (κ3) is 2.86. The summed E-state index contributed by atoms with van der Waals surface area (Å²) in [5, 5.41) is 19.7. The van der Waals surface area contributed by atoms with Crippen LogP contribution in [0.2, 0.25) is 0 Å². The van der Waals surface area contributed by atoms with Gasteiger partial charge in [0.1, 0.15) is 5.82 Å². The Balaban J connectivity index is 2.25. The topological polar surface area (TPSA) is 47.6 Å². The predicted octanol–water partition coefficient (Wildman–Crippen LogP) is 5.38. The van der Waals surface area contributed by atoms with Crippen molar-refractivity contribution in [3.8, 4) is 12.1 Å². The minimum absolute atomic E-state index is 0.310. The van der Waals surface area contributed by atoms with Gasteiger partial charge in [0.2, 0.25) is 0 Å². The molecular formula is C22H17FN2. The van der Waals surface area contributed by atoms with Gasteiger partial charge in [0.15, 0.2) is 5.41 Å². The Kier molecular flexibility index (Phi) is 4.50. The summed E-state index contributed by atoms with van der Waals surface area (Å²) in [4.78, 5) is 0. The van der Waals surface area contributed by atoms with Gasteiger partial charge >= 0.3 is 0 Å². The second-order valence-corrected chi connectivity index (χ2v) is 6.23. The number of allylic oxidation sites excluding steroid dienone is 3. The lowest BCUT2D eigenvalue weighted by molar-refractivity contribution is 0.501. The molecule has 0 amide bonds. The van der Waals surface area contributed by atoms with Gasteiger partial charge in [0.25, 0.3) is 0 Å². The fraction of sp³-hybridized carbons (Fsp3) is 0.182. The number of rotatable bonds is 4. The first-order valence-corrected chi connectivity index (χ1v) is 8.11. The normalized spacial score (nSPS) is 18.4. The van der Waals surface area contributed by atoms with E-state index in [0.717, 1.165) is 22.3 Å². The SMILES string of the molecule is C=CCC1=C(c2ccc(F)cc2)C(c2ccccc2)C(C#N)(C#N)C1. The highest BCUT2D eigenvalue weighted by atomic mass is 19.1. The van der Waals surface area contributed by atoms with Gasteiger partial charge in [-0.1, -0.05) is 54.1 Å². The monoisotopic (exact) mass is 328 g/mol. The summed E-state index contributed by atoms with van der Waals surface area (Å²) in [6.07, 6.45) is 2.76. The Hall–Kier alpha value is -3.17. The molecule has 0 saturated heterocycles. The number of nitrogens with zero attached hydrogens (tertiary/aromatic N) is 2. The van der Waals surface area contributed by atoms with E-state index in [1.54, 1.807) is 18.2 Å². The smallest absolute Gasteiger partial charge is 0.158 e. The Morgan fingerprint density at radius 3 is 2.28 bits per heavy atom. The van der Waals surface area contributed by atoms with Gasteiger partial charge in [-0.25, -0.2) is 4.39 Å². The summed E-state index contributed by atoms with van der Waals surface area (Å²) in [6.45, 7) is 3.80. The summed E-state index contributed by atoms with van der Waals surface area (Å²) < 4.78 is 13.4. The molecule has 25 heavy (non-hydrogen) atoms. The van der Waals surface area contributed by atoms with Crippen LogP contribution in [0.1, 0.15) is 29.9 Å². The molecule has 0 bridgehead atoms. The van der Waals surface area contributed by atoms with E-state index >= 15 is 0 Å². The molecule has 2 aromatic rings. The molecule has 1 unspecified atom stereocenters. The Bertz CT molecular complexity index is 882. The summed E-state index contributed by atoms with van der Waals surface area (Å²) in [5.74, 6) is -0.681. The Morgan fingerprint density at radius 1 is 1.08 bits per heavy atom. The van der Waals surface area contributed by atoms with Crippen LogP contribution in [0.5, 0.6) is 0 Å². The molecule has 2 nitrogen and oxygen atoms in total. The van der Waals surface area contributed by atoms with Gasteiger partial charge in [0.05, 0.1) is 12.1 Å².